The molecule has 0 aliphatic carbocycles. The fourth-order valence-corrected chi connectivity index (χ4v) is 4.47. The average Bonchev–Trinajstić information content (AvgIpc) is 3.16. The molecule has 1 aromatic heterocycles. The van der Waals surface area contributed by atoms with Crippen molar-refractivity contribution in [2.75, 3.05) is 20.2 Å². The molecular weight excluding hydrogens is 388 g/mol. The zero-order valence-corrected chi connectivity index (χ0v) is 18.7. The second-order valence-corrected chi connectivity index (χ2v) is 8.62. The van der Waals surface area contributed by atoms with Crippen LogP contribution in [0.5, 0.6) is 5.75 Å². The maximum atomic E-state index is 12.8. The summed E-state index contributed by atoms with van der Waals surface area (Å²) in [6.07, 6.45) is 1.97. The Hall–Kier alpha value is -2.86. The van der Waals surface area contributed by atoms with E-state index in [0.717, 1.165) is 55.1 Å². The Labute approximate surface area is 184 Å². The molecule has 2 heterocycles. The molecule has 4 rings (SSSR count). The van der Waals surface area contributed by atoms with Gasteiger partial charge in [-0.25, -0.2) is 4.98 Å². The first kappa shape index (κ1) is 21.4. The smallest absolute Gasteiger partial charge is 0.224 e. The number of ether oxygens (including phenoxy) is 1. The van der Waals surface area contributed by atoms with Gasteiger partial charge in [0.25, 0.3) is 0 Å². The summed E-state index contributed by atoms with van der Waals surface area (Å²) in [5.74, 6) is 2.06. The van der Waals surface area contributed by atoms with E-state index in [1.165, 1.54) is 5.52 Å². The predicted octanol–water partition coefficient (Wildman–Crippen LogP) is 4.15. The van der Waals surface area contributed by atoms with E-state index in [9.17, 15) is 4.79 Å². The second-order valence-electron chi connectivity index (χ2n) is 8.62. The Morgan fingerprint density at radius 2 is 1.97 bits per heavy atom. The summed E-state index contributed by atoms with van der Waals surface area (Å²) in [7, 11) is 1.65. The third-order valence-corrected chi connectivity index (χ3v) is 6.05. The molecule has 3 aromatic rings. The van der Waals surface area contributed by atoms with E-state index < -0.39 is 0 Å². The predicted molar refractivity (Wildman–Crippen MR) is 123 cm³/mol. The first-order chi connectivity index (χ1) is 15.0. The highest BCUT2D eigenvalue weighted by atomic mass is 16.5. The summed E-state index contributed by atoms with van der Waals surface area (Å²) in [5.41, 5.74) is 3.29. The Kier molecular flexibility index (Phi) is 6.56. The van der Waals surface area contributed by atoms with Gasteiger partial charge in [-0.15, -0.1) is 0 Å². The van der Waals surface area contributed by atoms with E-state index >= 15 is 0 Å². The molecule has 1 N–H and O–H groups in total. The number of hydrogen-bond donors (Lipinski definition) is 1. The van der Waals surface area contributed by atoms with Gasteiger partial charge in [-0.3, -0.25) is 9.69 Å². The number of fused-ring (bicyclic) bond motifs is 1. The standard InChI is InChI=1S/C25H32N4O2/c1-18(2)29-23-9-5-4-8-22(23)27-24(29)17-28-14-6-7-20(16-28)25(30)26-15-19-10-12-21(31-3)13-11-19/h4-5,8-13,18,20H,6-7,14-17H2,1-3H3,(H,26,30)/t20-/m1/s1. The van der Waals surface area contributed by atoms with Crippen molar-refractivity contribution in [3.8, 4) is 5.75 Å². The number of amides is 1. The maximum Gasteiger partial charge on any atom is 0.224 e. The van der Waals surface area contributed by atoms with Crippen molar-refractivity contribution in [1.82, 2.24) is 19.8 Å². The lowest BCUT2D eigenvalue weighted by Gasteiger charge is -2.32. The summed E-state index contributed by atoms with van der Waals surface area (Å²) in [6.45, 7) is 7.49. The first-order valence-corrected chi connectivity index (χ1v) is 11.1. The monoisotopic (exact) mass is 420 g/mol. The van der Waals surface area contributed by atoms with Crippen molar-refractivity contribution in [3.63, 3.8) is 0 Å². The highest BCUT2D eigenvalue weighted by molar-refractivity contribution is 5.79. The van der Waals surface area contributed by atoms with Gasteiger partial charge in [0.1, 0.15) is 11.6 Å². The van der Waals surface area contributed by atoms with Crippen LogP contribution in [0.3, 0.4) is 0 Å². The third-order valence-electron chi connectivity index (χ3n) is 6.05. The molecule has 0 bridgehead atoms. The van der Waals surface area contributed by atoms with Crippen LogP contribution in [0.25, 0.3) is 11.0 Å². The largest absolute Gasteiger partial charge is 0.497 e. The molecule has 1 aliphatic heterocycles. The van der Waals surface area contributed by atoms with Gasteiger partial charge in [-0.05, 0) is 63.1 Å². The number of methoxy groups -OCH3 is 1. The number of nitrogens with zero attached hydrogens (tertiary/aromatic N) is 3. The molecular formula is C25H32N4O2. The van der Waals surface area contributed by atoms with E-state index in [2.05, 4.69) is 46.8 Å². The van der Waals surface area contributed by atoms with Crippen LogP contribution >= 0.6 is 0 Å². The van der Waals surface area contributed by atoms with Gasteiger partial charge in [-0.2, -0.15) is 0 Å². The van der Waals surface area contributed by atoms with E-state index in [-0.39, 0.29) is 11.8 Å². The number of imidazole rings is 1. The number of rotatable bonds is 7. The van der Waals surface area contributed by atoms with Gasteiger partial charge in [0.2, 0.25) is 5.91 Å². The van der Waals surface area contributed by atoms with Crippen LogP contribution in [0.2, 0.25) is 0 Å². The second kappa shape index (κ2) is 9.52. The minimum atomic E-state index is 0.0175. The van der Waals surface area contributed by atoms with E-state index in [1.54, 1.807) is 7.11 Å². The molecule has 0 unspecified atom stereocenters. The van der Waals surface area contributed by atoms with Crippen molar-refractivity contribution >= 4 is 16.9 Å². The molecule has 0 spiro atoms. The van der Waals surface area contributed by atoms with Crippen LogP contribution in [0.4, 0.5) is 0 Å². The zero-order valence-electron chi connectivity index (χ0n) is 18.7. The number of benzene rings is 2. The summed E-state index contributed by atoms with van der Waals surface area (Å²) in [5, 5.41) is 3.11. The van der Waals surface area contributed by atoms with Crippen LogP contribution in [0.1, 0.15) is 44.1 Å². The fraction of sp³-hybridized carbons (Fsp3) is 0.440. The number of aromatic nitrogens is 2. The molecule has 6 heteroatoms. The van der Waals surface area contributed by atoms with E-state index in [1.807, 2.05) is 30.3 Å². The Morgan fingerprint density at radius 1 is 1.19 bits per heavy atom. The molecule has 31 heavy (non-hydrogen) atoms. The Bertz CT molecular complexity index is 1030. The number of piperidine rings is 1. The molecule has 0 saturated carbocycles. The summed E-state index contributed by atoms with van der Waals surface area (Å²) in [4.78, 5) is 20.1. The van der Waals surface area contributed by atoms with Gasteiger partial charge < -0.3 is 14.6 Å². The molecule has 0 radical (unpaired) electrons. The number of nitrogens with one attached hydrogen (secondary N) is 1. The Balaban J connectivity index is 1.39. The normalized spacial score (nSPS) is 17.2. The minimum Gasteiger partial charge on any atom is -0.497 e. The van der Waals surface area contributed by atoms with Crippen LogP contribution in [-0.2, 0) is 17.9 Å². The van der Waals surface area contributed by atoms with Crippen molar-refractivity contribution in [3.05, 3.63) is 59.9 Å². The average molecular weight is 421 g/mol. The van der Waals surface area contributed by atoms with Crippen molar-refractivity contribution < 1.29 is 9.53 Å². The van der Waals surface area contributed by atoms with E-state index in [0.29, 0.717) is 12.6 Å². The minimum absolute atomic E-state index is 0.0175. The van der Waals surface area contributed by atoms with Gasteiger partial charge >= 0.3 is 0 Å². The zero-order chi connectivity index (χ0) is 21.8. The lowest BCUT2D eigenvalue weighted by atomic mass is 9.97. The number of para-hydroxylation sites is 2. The van der Waals surface area contributed by atoms with Gasteiger partial charge in [0, 0.05) is 19.1 Å². The highest BCUT2D eigenvalue weighted by Gasteiger charge is 2.27. The van der Waals surface area contributed by atoms with Crippen molar-refractivity contribution in [2.24, 2.45) is 5.92 Å². The van der Waals surface area contributed by atoms with Gasteiger partial charge in [-0.1, -0.05) is 24.3 Å². The topological polar surface area (TPSA) is 59.4 Å². The third kappa shape index (κ3) is 4.90. The van der Waals surface area contributed by atoms with Gasteiger partial charge in [0.05, 0.1) is 30.6 Å². The maximum absolute atomic E-state index is 12.8. The molecule has 164 valence electrons. The fourth-order valence-electron chi connectivity index (χ4n) is 4.47. The summed E-state index contributed by atoms with van der Waals surface area (Å²) < 4.78 is 7.52. The van der Waals surface area contributed by atoms with Gasteiger partial charge in [0.15, 0.2) is 0 Å². The van der Waals surface area contributed by atoms with Crippen molar-refractivity contribution in [2.45, 2.75) is 45.8 Å². The lowest BCUT2D eigenvalue weighted by molar-refractivity contribution is -0.127. The Morgan fingerprint density at radius 3 is 2.71 bits per heavy atom. The number of carbonyl (C=O) groups is 1. The number of likely N-dealkylation sites (tertiary alicyclic amines) is 1. The lowest BCUT2D eigenvalue weighted by Crippen LogP contribution is -2.42. The molecule has 1 fully saturated rings. The highest BCUT2D eigenvalue weighted by Crippen LogP contribution is 2.24. The van der Waals surface area contributed by atoms with Crippen LogP contribution < -0.4 is 10.1 Å². The van der Waals surface area contributed by atoms with E-state index in [4.69, 9.17) is 9.72 Å². The van der Waals surface area contributed by atoms with Crippen LogP contribution in [0, 0.1) is 5.92 Å². The molecule has 1 amide bonds. The molecule has 1 aliphatic rings. The first-order valence-electron chi connectivity index (χ1n) is 11.1. The summed E-state index contributed by atoms with van der Waals surface area (Å²) in [6, 6.07) is 16.5. The molecule has 6 nitrogen and oxygen atoms in total. The number of carbonyl (C=O) groups excluding carboxylic acids is 1. The SMILES string of the molecule is COc1ccc(CNC(=O)[C@@H]2CCCN(Cc3nc4ccccc4n3C(C)C)C2)cc1. The molecule has 1 saturated heterocycles. The quantitative estimate of drug-likeness (QED) is 0.624. The van der Waals surface area contributed by atoms with Crippen LogP contribution in [-0.4, -0.2) is 40.6 Å². The summed E-state index contributed by atoms with van der Waals surface area (Å²) >= 11 is 0. The number of hydrogen-bond acceptors (Lipinski definition) is 4. The van der Waals surface area contributed by atoms with Crippen molar-refractivity contribution in [1.29, 1.82) is 0 Å². The molecule has 1 atom stereocenters. The molecule has 2 aromatic carbocycles. The van der Waals surface area contributed by atoms with Crippen LogP contribution in [0.15, 0.2) is 48.5 Å².